The zero-order chi connectivity index (χ0) is 12.9. The largest absolute Gasteiger partial charge is 0.465 e. The Hall–Kier alpha value is -1.46. The first kappa shape index (κ1) is 13.6. The van der Waals surface area contributed by atoms with E-state index in [2.05, 4.69) is 4.74 Å². The van der Waals surface area contributed by atoms with Crippen LogP contribution in [0.15, 0.2) is 23.8 Å². The fraction of sp³-hybridized carbons (Fsp3) is 0.500. The molecule has 0 spiro atoms. The van der Waals surface area contributed by atoms with E-state index in [1.54, 1.807) is 13.8 Å². The van der Waals surface area contributed by atoms with Gasteiger partial charge < -0.3 is 14.2 Å². The van der Waals surface area contributed by atoms with E-state index in [9.17, 15) is 9.59 Å². The van der Waals surface area contributed by atoms with Crippen LogP contribution < -0.4 is 0 Å². The fourth-order valence-electron chi connectivity index (χ4n) is 1.54. The zero-order valence-corrected chi connectivity index (χ0v) is 10.2. The highest BCUT2D eigenvalue weighted by Crippen LogP contribution is 2.24. The van der Waals surface area contributed by atoms with Gasteiger partial charge in [0, 0.05) is 13.2 Å². The number of carbonyl (C=O) groups excluding carboxylic acids is 2. The first-order chi connectivity index (χ1) is 8.08. The standard InChI is InChI=1S/C12H16O5/c1-4-16-12(17-5-2)7-6-10(13)9(8-12)11(14)15-3/h6-8H,4-5H2,1-3H3. The summed E-state index contributed by atoms with van der Waals surface area (Å²) in [5.74, 6) is -2.25. The molecule has 0 N–H and O–H groups in total. The van der Waals surface area contributed by atoms with Gasteiger partial charge in [-0.15, -0.1) is 0 Å². The van der Waals surface area contributed by atoms with Crippen LogP contribution in [0.5, 0.6) is 0 Å². The summed E-state index contributed by atoms with van der Waals surface area (Å²) < 4.78 is 15.4. The second kappa shape index (κ2) is 5.75. The molecule has 0 bridgehead atoms. The number of ketones is 1. The molecule has 0 radical (unpaired) electrons. The van der Waals surface area contributed by atoms with Crippen molar-refractivity contribution in [2.45, 2.75) is 19.6 Å². The topological polar surface area (TPSA) is 61.8 Å². The Morgan fingerprint density at radius 2 is 1.88 bits per heavy atom. The first-order valence-corrected chi connectivity index (χ1v) is 5.41. The highest BCUT2D eigenvalue weighted by Gasteiger charge is 2.34. The SMILES string of the molecule is CCOC1(OCC)C=CC(=O)C(C(=O)OC)=C1. The smallest absolute Gasteiger partial charge is 0.341 e. The summed E-state index contributed by atoms with van der Waals surface area (Å²) >= 11 is 0. The molecule has 94 valence electrons. The minimum atomic E-state index is -1.15. The third-order valence-electron chi connectivity index (χ3n) is 2.22. The number of carbonyl (C=O) groups is 2. The third-order valence-corrected chi connectivity index (χ3v) is 2.22. The molecule has 0 saturated carbocycles. The highest BCUT2D eigenvalue weighted by molar-refractivity contribution is 6.22. The quantitative estimate of drug-likeness (QED) is 0.407. The van der Waals surface area contributed by atoms with Crippen molar-refractivity contribution < 1.29 is 23.8 Å². The second-order valence-corrected chi connectivity index (χ2v) is 3.33. The van der Waals surface area contributed by atoms with Gasteiger partial charge in [-0.25, -0.2) is 4.79 Å². The number of esters is 1. The van der Waals surface area contributed by atoms with Crippen molar-refractivity contribution >= 4 is 11.8 Å². The lowest BCUT2D eigenvalue weighted by Crippen LogP contribution is -2.36. The zero-order valence-electron chi connectivity index (χ0n) is 10.2. The predicted octanol–water partition coefficient (Wildman–Crippen LogP) is 0.994. The van der Waals surface area contributed by atoms with Crippen molar-refractivity contribution in [2.75, 3.05) is 20.3 Å². The fourth-order valence-corrected chi connectivity index (χ4v) is 1.54. The molecule has 0 fully saturated rings. The van der Waals surface area contributed by atoms with Gasteiger partial charge in [0.25, 0.3) is 0 Å². The summed E-state index contributed by atoms with van der Waals surface area (Å²) in [6.45, 7) is 4.39. The first-order valence-electron chi connectivity index (χ1n) is 5.41. The van der Waals surface area contributed by atoms with E-state index >= 15 is 0 Å². The van der Waals surface area contributed by atoms with E-state index < -0.39 is 17.5 Å². The minimum absolute atomic E-state index is 0.0723. The summed E-state index contributed by atoms with van der Waals surface area (Å²) in [7, 11) is 1.22. The lowest BCUT2D eigenvalue weighted by Gasteiger charge is -2.29. The van der Waals surface area contributed by atoms with Crippen LogP contribution in [0.25, 0.3) is 0 Å². The van der Waals surface area contributed by atoms with E-state index in [4.69, 9.17) is 9.47 Å². The Kier molecular flexibility index (Phi) is 4.60. The van der Waals surface area contributed by atoms with Crippen LogP contribution in [-0.4, -0.2) is 37.9 Å². The predicted molar refractivity (Wildman–Crippen MR) is 60.2 cm³/mol. The van der Waals surface area contributed by atoms with Gasteiger partial charge in [-0.05, 0) is 32.1 Å². The van der Waals surface area contributed by atoms with Crippen LogP contribution in [0.1, 0.15) is 13.8 Å². The van der Waals surface area contributed by atoms with Crippen LogP contribution in [0.4, 0.5) is 0 Å². The van der Waals surface area contributed by atoms with Crippen molar-refractivity contribution in [1.29, 1.82) is 0 Å². The number of rotatable bonds is 5. The number of allylic oxidation sites excluding steroid dienone is 1. The van der Waals surface area contributed by atoms with Crippen molar-refractivity contribution in [1.82, 2.24) is 0 Å². The second-order valence-electron chi connectivity index (χ2n) is 3.33. The molecule has 0 unspecified atom stereocenters. The molecule has 0 atom stereocenters. The minimum Gasteiger partial charge on any atom is -0.465 e. The van der Waals surface area contributed by atoms with Gasteiger partial charge in [-0.3, -0.25) is 4.79 Å². The van der Waals surface area contributed by atoms with E-state index in [-0.39, 0.29) is 5.57 Å². The van der Waals surface area contributed by atoms with Gasteiger partial charge >= 0.3 is 5.97 Å². The molecular formula is C12H16O5. The Bertz CT molecular complexity index is 361. The van der Waals surface area contributed by atoms with Crippen molar-refractivity contribution in [3.05, 3.63) is 23.8 Å². The molecule has 0 aliphatic heterocycles. The third kappa shape index (κ3) is 3.01. The number of hydrogen-bond acceptors (Lipinski definition) is 5. The van der Waals surface area contributed by atoms with E-state index in [1.165, 1.54) is 25.3 Å². The molecule has 0 aromatic carbocycles. The molecule has 0 saturated heterocycles. The normalized spacial score (nSPS) is 17.8. The number of methoxy groups -OCH3 is 1. The molecule has 0 aromatic rings. The maximum atomic E-state index is 11.5. The summed E-state index contributed by atoms with van der Waals surface area (Å²) in [6, 6.07) is 0. The molecule has 1 aliphatic carbocycles. The molecule has 0 heterocycles. The van der Waals surface area contributed by atoms with Crippen LogP contribution in [0.2, 0.25) is 0 Å². The highest BCUT2D eigenvalue weighted by atomic mass is 16.7. The van der Waals surface area contributed by atoms with Gasteiger partial charge in [0.05, 0.1) is 7.11 Å². The molecule has 0 aromatic heterocycles. The summed E-state index contributed by atoms with van der Waals surface area (Å²) in [4.78, 5) is 22.9. The van der Waals surface area contributed by atoms with Crippen molar-refractivity contribution in [3.63, 3.8) is 0 Å². The van der Waals surface area contributed by atoms with Gasteiger partial charge in [-0.2, -0.15) is 0 Å². The number of ether oxygens (including phenoxy) is 3. The molecule has 5 heteroatoms. The molecule has 1 rings (SSSR count). The Labute approximate surface area is 100 Å². The van der Waals surface area contributed by atoms with Gasteiger partial charge in [0.2, 0.25) is 5.79 Å². The van der Waals surface area contributed by atoms with Crippen molar-refractivity contribution in [2.24, 2.45) is 0 Å². The lowest BCUT2D eigenvalue weighted by atomic mass is 10.0. The van der Waals surface area contributed by atoms with Crippen LogP contribution in [0, 0.1) is 0 Å². The molecule has 17 heavy (non-hydrogen) atoms. The van der Waals surface area contributed by atoms with Gasteiger partial charge in [0.15, 0.2) is 5.78 Å². The summed E-state index contributed by atoms with van der Waals surface area (Å²) in [5.41, 5.74) is -0.0723. The summed E-state index contributed by atoms with van der Waals surface area (Å²) in [6.07, 6.45) is 4.11. The van der Waals surface area contributed by atoms with E-state index in [0.29, 0.717) is 13.2 Å². The Morgan fingerprint density at radius 3 is 2.35 bits per heavy atom. The maximum Gasteiger partial charge on any atom is 0.341 e. The number of hydrogen-bond donors (Lipinski definition) is 0. The maximum absolute atomic E-state index is 11.5. The molecule has 1 aliphatic rings. The summed E-state index contributed by atoms with van der Waals surface area (Å²) in [5, 5.41) is 0. The van der Waals surface area contributed by atoms with Crippen LogP contribution in [-0.2, 0) is 23.8 Å². The molecule has 0 amide bonds. The monoisotopic (exact) mass is 240 g/mol. The molecule has 5 nitrogen and oxygen atoms in total. The van der Waals surface area contributed by atoms with E-state index in [0.717, 1.165) is 0 Å². The molecular weight excluding hydrogens is 224 g/mol. The Morgan fingerprint density at radius 1 is 1.29 bits per heavy atom. The average molecular weight is 240 g/mol. The van der Waals surface area contributed by atoms with E-state index in [1.807, 2.05) is 0 Å². The van der Waals surface area contributed by atoms with Crippen LogP contribution in [0.3, 0.4) is 0 Å². The van der Waals surface area contributed by atoms with Crippen LogP contribution >= 0.6 is 0 Å². The van der Waals surface area contributed by atoms with Gasteiger partial charge in [0.1, 0.15) is 5.57 Å². The van der Waals surface area contributed by atoms with Crippen molar-refractivity contribution in [3.8, 4) is 0 Å². The lowest BCUT2D eigenvalue weighted by molar-refractivity contribution is -0.168. The van der Waals surface area contributed by atoms with Gasteiger partial charge in [-0.1, -0.05) is 0 Å². The average Bonchev–Trinajstić information content (AvgIpc) is 2.32. The Balaban J connectivity index is 3.07.